The van der Waals surface area contributed by atoms with Gasteiger partial charge in [-0.15, -0.1) is 0 Å². The third-order valence-corrected chi connectivity index (χ3v) is 3.01. The fourth-order valence-corrected chi connectivity index (χ4v) is 2.02. The van der Waals surface area contributed by atoms with Gasteiger partial charge in [-0.1, -0.05) is 12.1 Å². The first kappa shape index (κ1) is 13.3. The number of methoxy groups -OCH3 is 1. The largest absolute Gasteiger partial charge is 0.496 e. The molecule has 1 aromatic heterocycles. The van der Waals surface area contributed by atoms with Crippen molar-refractivity contribution < 1.29 is 18.6 Å². The summed E-state index contributed by atoms with van der Waals surface area (Å²) in [6.07, 6.45) is 3.53. The maximum Gasteiger partial charge on any atom is 0.339 e. The van der Waals surface area contributed by atoms with E-state index in [-0.39, 0.29) is 0 Å². The smallest absolute Gasteiger partial charge is 0.339 e. The number of hydrogen-bond donors (Lipinski definition) is 0. The lowest BCUT2D eigenvalue weighted by Crippen LogP contribution is -2.15. The molecule has 2 heterocycles. The van der Waals surface area contributed by atoms with E-state index < -0.39 is 5.63 Å². The number of fused-ring (bicyclic) bond motifs is 1. The van der Waals surface area contributed by atoms with Crippen molar-refractivity contribution in [3.63, 3.8) is 0 Å². The second kappa shape index (κ2) is 5.75. The van der Waals surface area contributed by atoms with Crippen LogP contribution in [0.2, 0.25) is 0 Å². The van der Waals surface area contributed by atoms with Gasteiger partial charge in [0, 0.05) is 6.07 Å². The van der Waals surface area contributed by atoms with Gasteiger partial charge in [0.2, 0.25) is 0 Å². The van der Waals surface area contributed by atoms with Crippen LogP contribution in [-0.2, 0) is 0 Å². The molecular formula is C16H14O5. The molecule has 0 saturated heterocycles. The molecule has 108 valence electrons. The Labute approximate surface area is 121 Å². The molecule has 0 atom stereocenters. The van der Waals surface area contributed by atoms with Gasteiger partial charge in [-0.2, -0.15) is 0 Å². The molecule has 0 amide bonds. The van der Waals surface area contributed by atoms with Crippen molar-refractivity contribution in [2.75, 3.05) is 20.3 Å². The van der Waals surface area contributed by atoms with Gasteiger partial charge in [-0.05, 0) is 23.8 Å². The Bertz CT molecular complexity index is 730. The highest BCUT2D eigenvalue weighted by molar-refractivity contribution is 5.69. The van der Waals surface area contributed by atoms with Crippen LogP contribution in [0, 0.1) is 0 Å². The van der Waals surface area contributed by atoms with Gasteiger partial charge >= 0.3 is 5.63 Å². The first-order valence-electron chi connectivity index (χ1n) is 6.51. The average molecular weight is 286 g/mol. The van der Waals surface area contributed by atoms with Crippen LogP contribution in [-0.4, -0.2) is 20.3 Å². The fourth-order valence-electron chi connectivity index (χ4n) is 2.02. The summed E-state index contributed by atoms with van der Waals surface area (Å²) < 4.78 is 21.1. The Morgan fingerprint density at radius 3 is 2.67 bits per heavy atom. The quantitative estimate of drug-likeness (QED) is 0.868. The van der Waals surface area contributed by atoms with E-state index in [2.05, 4.69) is 0 Å². The summed E-state index contributed by atoms with van der Waals surface area (Å²) in [6.45, 7) is 1.11. The maximum absolute atomic E-state index is 11.4. The standard InChI is InChI=1S/C16H14O5/c1-18-13-9-12(21-16(17)10-13)4-2-11-3-5-14-15(8-11)20-7-6-19-14/h2-5,8-10H,6-7H2,1H3/b4-2+. The molecule has 1 aliphatic heterocycles. The van der Waals surface area contributed by atoms with Gasteiger partial charge in [0.1, 0.15) is 24.7 Å². The lowest BCUT2D eigenvalue weighted by atomic mass is 10.1. The van der Waals surface area contributed by atoms with Crippen molar-refractivity contribution >= 4 is 12.2 Å². The van der Waals surface area contributed by atoms with Gasteiger partial charge in [-0.3, -0.25) is 0 Å². The first-order valence-corrected chi connectivity index (χ1v) is 6.51. The van der Waals surface area contributed by atoms with Crippen LogP contribution in [0.5, 0.6) is 17.2 Å². The molecule has 1 aliphatic rings. The van der Waals surface area contributed by atoms with Gasteiger partial charge in [-0.25, -0.2) is 4.79 Å². The lowest BCUT2D eigenvalue weighted by molar-refractivity contribution is 0.171. The van der Waals surface area contributed by atoms with Crippen LogP contribution in [0.25, 0.3) is 12.2 Å². The Morgan fingerprint density at radius 2 is 1.86 bits per heavy atom. The van der Waals surface area contributed by atoms with E-state index in [1.165, 1.54) is 13.2 Å². The van der Waals surface area contributed by atoms with Crippen LogP contribution in [0.1, 0.15) is 11.3 Å². The monoisotopic (exact) mass is 286 g/mol. The summed E-state index contributed by atoms with van der Waals surface area (Å²) in [5.74, 6) is 2.35. The molecule has 5 heteroatoms. The third-order valence-electron chi connectivity index (χ3n) is 3.01. The molecule has 3 rings (SSSR count). The summed E-state index contributed by atoms with van der Waals surface area (Å²) in [6, 6.07) is 8.58. The van der Waals surface area contributed by atoms with Crippen molar-refractivity contribution in [3.8, 4) is 17.2 Å². The molecule has 0 N–H and O–H groups in total. The predicted octanol–water partition coefficient (Wildman–Crippen LogP) is 2.59. The Balaban J connectivity index is 1.86. The molecule has 2 aromatic rings. The van der Waals surface area contributed by atoms with Crippen LogP contribution < -0.4 is 19.8 Å². The minimum Gasteiger partial charge on any atom is -0.496 e. The van der Waals surface area contributed by atoms with E-state index in [0.717, 1.165) is 17.1 Å². The van der Waals surface area contributed by atoms with Crippen molar-refractivity contribution in [1.82, 2.24) is 0 Å². The zero-order valence-corrected chi connectivity index (χ0v) is 11.5. The van der Waals surface area contributed by atoms with Gasteiger partial charge in [0.25, 0.3) is 0 Å². The zero-order valence-electron chi connectivity index (χ0n) is 11.5. The highest BCUT2D eigenvalue weighted by Crippen LogP contribution is 2.31. The Hall–Kier alpha value is -2.69. The zero-order chi connectivity index (χ0) is 14.7. The van der Waals surface area contributed by atoms with Gasteiger partial charge < -0.3 is 18.6 Å². The number of benzene rings is 1. The van der Waals surface area contributed by atoms with E-state index in [9.17, 15) is 4.79 Å². The second-order valence-electron chi connectivity index (χ2n) is 4.46. The molecule has 0 saturated carbocycles. The molecule has 5 nitrogen and oxygen atoms in total. The molecule has 0 fully saturated rings. The van der Waals surface area contributed by atoms with Crippen molar-refractivity contribution in [2.24, 2.45) is 0 Å². The van der Waals surface area contributed by atoms with E-state index >= 15 is 0 Å². The molecule has 21 heavy (non-hydrogen) atoms. The molecule has 0 aliphatic carbocycles. The summed E-state index contributed by atoms with van der Waals surface area (Å²) in [5, 5.41) is 0. The van der Waals surface area contributed by atoms with Crippen molar-refractivity contribution in [1.29, 1.82) is 0 Å². The minimum atomic E-state index is -0.448. The van der Waals surface area contributed by atoms with Crippen molar-refractivity contribution in [3.05, 3.63) is 52.1 Å². The van der Waals surface area contributed by atoms with Crippen LogP contribution in [0.15, 0.2) is 39.5 Å². The SMILES string of the molecule is COc1cc(/C=C/c2ccc3c(c2)OCCO3)oc(=O)c1. The van der Waals surface area contributed by atoms with E-state index in [1.807, 2.05) is 24.3 Å². The molecule has 0 unspecified atom stereocenters. The summed E-state index contributed by atoms with van der Waals surface area (Å²) in [4.78, 5) is 11.4. The van der Waals surface area contributed by atoms with Crippen LogP contribution >= 0.6 is 0 Å². The molecule has 1 aromatic carbocycles. The number of ether oxygens (including phenoxy) is 3. The lowest BCUT2D eigenvalue weighted by Gasteiger charge is -2.18. The molecular weight excluding hydrogens is 272 g/mol. The summed E-state index contributed by atoms with van der Waals surface area (Å²) in [5.41, 5.74) is 0.473. The first-order chi connectivity index (χ1) is 10.2. The van der Waals surface area contributed by atoms with Crippen LogP contribution in [0.4, 0.5) is 0 Å². The van der Waals surface area contributed by atoms with Gasteiger partial charge in [0.05, 0.1) is 13.2 Å². The summed E-state index contributed by atoms with van der Waals surface area (Å²) >= 11 is 0. The van der Waals surface area contributed by atoms with E-state index in [4.69, 9.17) is 18.6 Å². The topological polar surface area (TPSA) is 57.9 Å². The fraction of sp³-hybridized carbons (Fsp3) is 0.188. The maximum atomic E-state index is 11.4. The van der Waals surface area contributed by atoms with Gasteiger partial charge in [0.15, 0.2) is 11.5 Å². The Morgan fingerprint density at radius 1 is 1.05 bits per heavy atom. The van der Waals surface area contributed by atoms with Crippen LogP contribution in [0.3, 0.4) is 0 Å². The Kier molecular flexibility index (Phi) is 3.64. The molecule has 0 radical (unpaired) electrons. The number of rotatable bonds is 3. The normalized spacial score (nSPS) is 13.4. The average Bonchev–Trinajstić information content (AvgIpc) is 2.52. The predicted molar refractivity (Wildman–Crippen MR) is 77.9 cm³/mol. The second-order valence-corrected chi connectivity index (χ2v) is 4.46. The molecule has 0 bridgehead atoms. The summed E-state index contributed by atoms with van der Waals surface area (Å²) in [7, 11) is 1.50. The minimum absolute atomic E-state index is 0.425. The highest BCUT2D eigenvalue weighted by atomic mass is 16.6. The highest BCUT2D eigenvalue weighted by Gasteiger charge is 2.10. The van der Waals surface area contributed by atoms with E-state index in [1.54, 1.807) is 12.1 Å². The number of hydrogen-bond acceptors (Lipinski definition) is 5. The van der Waals surface area contributed by atoms with E-state index in [0.29, 0.717) is 24.7 Å². The van der Waals surface area contributed by atoms with Crippen molar-refractivity contribution in [2.45, 2.75) is 0 Å². The molecule has 0 spiro atoms. The third kappa shape index (κ3) is 3.08.